The summed E-state index contributed by atoms with van der Waals surface area (Å²) in [6, 6.07) is 0. The summed E-state index contributed by atoms with van der Waals surface area (Å²) in [7, 11) is 3.32. The summed E-state index contributed by atoms with van der Waals surface area (Å²) in [4.78, 5) is 45.2. The minimum absolute atomic E-state index is 0.0827. The zero-order valence-corrected chi connectivity index (χ0v) is 17.0. The number of rotatable bonds is 11. The Morgan fingerprint density at radius 3 is 2.68 bits per heavy atom. The van der Waals surface area contributed by atoms with Crippen LogP contribution in [0.1, 0.15) is 32.5 Å². The molecule has 0 aliphatic heterocycles. The number of imidazole rings is 1. The zero-order chi connectivity index (χ0) is 20.7. The van der Waals surface area contributed by atoms with Crippen LogP contribution in [0.5, 0.6) is 0 Å². The van der Waals surface area contributed by atoms with Crippen molar-refractivity contribution in [2.75, 3.05) is 33.4 Å². The number of fused-ring (bicyclic) bond motifs is 1. The van der Waals surface area contributed by atoms with Crippen LogP contribution in [0.3, 0.4) is 0 Å². The molecule has 0 bridgehead atoms. The van der Waals surface area contributed by atoms with Crippen molar-refractivity contribution in [1.29, 1.82) is 0 Å². The van der Waals surface area contributed by atoms with Gasteiger partial charge in [-0.25, -0.2) is 9.78 Å². The van der Waals surface area contributed by atoms with E-state index in [9.17, 15) is 14.4 Å². The molecule has 0 spiro atoms. The fourth-order valence-electron chi connectivity index (χ4n) is 2.98. The molecule has 0 fully saturated rings. The molecule has 0 atom stereocenters. The van der Waals surface area contributed by atoms with Crippen LogP contribution in [0.15, 0.2) is 9.59 Å². The van der Waals surface area contributed by atoms with E-state index in [2.05, 4.69) is 9.97 Å². The van der Waals surface area contributed by atoms with Crippen molar-refractivity contribution in [3.05, 3.63) is 26.7 Å². The number of nitrogens with one attached hydrogen (secondary N) is 1. The average molecular weight is 395 g/mol. The lowest BCUT2D eigenvalue weighted by atomic mass is 10.3. The molecule has 2 aromatic heterocycles. The molecule has 0 saturated heterocycles. The van der Waals surface area contributed by atoms with Crippen LogP contribution >= 0.6 is 0 Å². The van der Waals surface area contributed by atoms with E-state index in [0.717, 1.165) is 12.8 Å². The third-order valence-electron chi connectivity index (χ3n) is 4.48. The number of nitrogens with zero attached hydrogens (tertiary/aromatic N) is 4. The Bertz CT molecular complexity index is 913. The molecule has 2 heterocycles. The van der Waals surface area contributed by atoms with Gasteiger partial charge in [-0.1, -0.05) is 13.3 Å². The van der Waals surface area contributed by atoms with Crippen LogP contribution < -0.4 is 11.2 Å². The van der Waals surface area contributed by atoms with E-state index in [1.807, 2.05) is 11.8 Å². The van der Waals surface area contributed by atoms with E-state index < -0.39 is 11.2 Å². The van der Waals surface area contributed by atoms with Crippen molar-refractivity contribution in [3.8, 4) is 0 Å². The summed E-state index contributed by atoms with van der Waals surface area (Å²) in [5.74, 6) is 0.242. The minimum Gasteiger partial charge on any atom is -0.465 e. The zero-order valence-electron chi connectivity index (χ0n) is 17.0. The summed E-state index contributed by atoms with van der Waals surface area (Å²) in [5.41, 5.74) is -0.225. The average Bonchev–Trinajstić information content (AvgIpc) is 2.96. The number of hydrogen-bond acceptors (Lipinski definition) is 7. The van der Waals surface area contributed by atoms with Gasteiger partial charge in [-0.2, -0.15) is 0 Å². The van der Waals surface area contributed by atoms with Gasteiger partial charge in [0, 0.05) is 27.2 Å². The summed E-state index contributed by atoms with van der Waals surface area (Å²) in [5, 5.41) is 0. The van der Waals surface area contributed by atoms with Gasteiger partial charge in [0.05, 0.1) is 26.3 Å². The van der Waals surface area contributed by atoms with Crippen molar-refractivity contribution < 1.29 is 14.3 Å². The van der Waals surface area contributed by atoms with Crippen molar-refractivity contribution in [2.24, 2.45) is 7.05 Å². The van der Waals surface area contributed by atoms with Gasteiger partial charge in [0.1, 0.15) is 5.82 Å². The van der Waals surface area contributed by atoms with Gasteiger partial charge in [-0.05, 0) is 13.3 Å². The largest absolute Gasteiger partial charge is 0.465 e. The lowest BCUT2D eigenvalue weighted by Gasteiger charge is -2.20. The number of ether oxygens (including phenoxy) is 2. The number of methoxy groups -OCH3 is 1. The second kappa shape index (κ2) is 10.2. The second-order valence-corrected chi connectivity index (χ2v) is 6.53. The lowest BCUT2D eigenvalue weighted by molar-refractivity contribution is -0.144. The third-order valence-corrected chi connectivity index (χ3v) is 4.48. The number of carbonyl (C=O) groups is 1. The Morgan fingerprint density at radius 1 is 1.29 bits per heavy atom. The van der Waals surface area contributed by atoms with Crippen molar-refractivity contribution >= 4 is 17.1 Å². The van der Waals surface area contributed by atoms with Gasteiger partial charge in [-0.15, -0.1) is 0 Å². The third kappa shape index (κ3) is 5.08. The molecule has 2 rings (SSSR count). The van der Waals surface area contributed by atoms with Crippen LogP contribution in [-0.4, -0.2) is 63.4 Å². The Hall–Kier alpha value is -2.46. The van der Waals surface area contributed by atoms with Crippen molar-refractivity contribution in [1.82, 2.24) is 24.0 Å². The monoisotopic (exact) mass is 395 g/mol. The molecule has 1 N–H and O–H groups in total. The van der Waals surface area contributed by atoms with Gasteiger partial charge in [-0.3, -0.25) is 24.0 Å². The normalized spacial score (nSPS) is 11.5. The molecule has 0 aliphatic carbocycles. The molecule has 156 valence electrons. The maximum absolute atomic E-state index is 12.3. The van der Waals surface area contributed by atoms with E-state index in [1.165, 1.54) is 4.57 Å². The number of H-pyrrole nitrogens is 1. The predicted molar refractivity (Wildman–Crippen MR) is 104 cm³/mol. The first kappa shape index (κ1) is 21.8. The topological polar surface area (TPSA) is 111 Å². The number of carbonyl (C=O) groups excluding carboxylic acids is 1. The summed E-state index contributed by atoms with van der Waals surface area (Å²) in [6.07, 6.45) is 1.72. The fourth-order valence-corrected chi connectivity index (χ4v) is 2.98. The Labute approximate surface area is 163 Å². The van der Waals surface area contributed by atoms with E-state index in [-0.39, 0.29) is 12.5 Å². The molecule has 0 radical (unpaired) electrons. The smallest absolute Gasteiger partial charge is 0.330 e. The summed E-state index contributed by atoms with van der Waals surface area (Å²) in [6.45, 7) is 5.90. The van der Waals surface area contributed by atoms with E-state index in [0.29, 0.717) is 49.8 Å². The molecule has 10 nitrogen and oxygen atoms in total. The first-order chi connectivity index (χ1) is 13.4. The van der Waals surface area contributed by atoms with Crippen LogP contribution in [-0.2, 0) is 34.4 Å². The van der Waals surface area contributed by atoms with E-state index >= 15 is 0 Å². The first-order valence-electron chi connectivity index (χ1n) is 9.48. The fraction of sp³-hybridized carbons (Fsp3) is 0.667. The minimum atomic E-state index is -0.470. The molecule has 0 aliphatic rings. The quantitative estimate of drug-likeness (QED) is 0.542. The van der Waals surface area contributed by atoms with Gasteiger partial charge < -0.3 is 14.0 Å². The van der Waals surface area contributed by atoms with Gasteiger partial charge in [0.15, 0.2) is 11.2 Å². The van der Waals surface area contributed by atoms with E-state index in [1.54, 1.807) is 25.6 Å². The standard InChI is InChI=1S/C18H29N5O5/c1-5-7-8-23-16-15(17(25)20-18(23)26)21(3)13(19-16)11-22(9-10-27-4)12-14(24)28-6-2/h5-12H2,1-4H3,(H,20,25,26). The Kier molecular flexibility index (Phi) is 7.94. The van der Waals surface area contributed by atoms with Gasteiger partial charge in [0.25, 0.3) is 5.56 Å². The highest BCUT2D eigenvalue weighted by atomic mass is 16.5. The number of esters is 1. The second-order valence-electron chi connectivity index (χ2n) is 6.53. The molecule has 10 heteroatoms. The highest BCUT2D eigenvalue weighted by molar-refractivity contribution is 5.72. The van der Waals surface area contributed by atoms with Crippen LogP contribution in [0.25, 0.3) is 11.2 Å². The maximum Gasteiger partial charge on any atom is 0.330 e. The molecular formula is C18H29N5O5. The highest BCUT2D eigenvalue weighted by Gasteiger charge is 2.19. The maximum atomic E-state index is 12.3. The number of unbranched alkanes of at least 4 members (excludes halogenated alkanes) is 1. The molecule has 2 aromatic rings. The highest BCUT2D eigenvalue weighted by Crippen LogP contribution is 2.12. The number of aryl methyl sites for hydroxylation is 2. The summed E-state index contributed by atoms with van der Waals surface area (Å²) >= 11 is 0. The Morgan fingerprint density at radius 2 is 2.04 bits per heavy atom. The summed E-state index contributed by atoms with van der Waals surface area (Å²) < 4.78 is 13.3. The Balaban J connectivity index is 2.40. The molecule has 0 amide bonds. The van der Waals surface area contributed by atoms with Crippen LogP contribution in [0.2, 0.25) is 0 Å². The number of hydrogen-bond donors (Lipinski definition) is 1. The van der Waals surface area contributed by atoms with E-state index in [4.69, 9.17) is 9.47 Å². The van der Waals surface area contributed by atoms with Crippen molar-refractivity contribution in [2.45, 2.75) is 39.8 Å². The predicted octanol–water partition coefficient (Wildman–Crippen LogP) is 0.235. The number of aromatic amines is 1. The SMILES string of the molecule is CCCCn1c(=O)[nH]c(=O)c2c1nc(CN(CCOC)CC(=O)OCC)n2C. The van der Waals surface area contributed by atoms with Gasteiger partial charge >= 0.3 is 11.7 Å². The molecule has 0 unspecified atom stereocenters. The first-order valence-corrected chi connectivity index (χ1v) is 9.48. The molecule has 0 aromatic carbocycles. The number of aromatic nitrogens is 4. The van der Waals surface area contributed by atoms with Crippen LogP contribution in [0.4, 0.5) is 0 Å². The molecular weight excluding hydrogens is 366 g/mol. The molecule has 28 heavy (non-hydrogen) atoms. The van der Waals surface area contributed by atoms with Crippen LogP contribution in [0, 0.1) is 0 Å². The van der Waals surface area contributed by atoms with Gasteiger partial charge in [0.2, 0.25) is 0 Å². The van der Waals surface area contributed by atoms with Crippen molar-refractivity contribution in [3.63, 3.8) is 0 Å². The molecule has 0 saturated carbocycles. The lowest BCUT2D eigenvalue weighted by Crippen LogP contribution is -2.34.